The first-order chi connectivity index (χ1) is 4.45. The molecule has 0 aliphatic carbocycles. The van der Waals surface area contributed by atoms with Crippen molar-refractivity contribution in [3.8, 4) is 0 Å². The summed E-state index contributed by atoms with van der Waals surface area (Å²) < 4.78 is 24.9. The third kappa shape index (κ3) is 12.8. The summed E-state index contributed by atoms with van der Waals surface area (Å²) in [4.78, 5) is 0. The predicted octanol–water partition coefficient (Wildman–Crippen LogP) is 0.317. The third-order valence-corrected chi connectivity index (χ3v) is 1.51. The van der Waals surface area contributed by atoms with Crippen LogP contribution in [0.4, 0.5) is 0 Å². The lowest BCUT2D eigenvalue weighted by atomic mass is 10.3. The third-order valence-electron chi connectivity index (χ3n) is 0.946. The van der Waals surface area contributed by atoms with Crippen LogP contribution in [-0.4, -0.2) is 32.5 Å². The highest BCUT2D eigenvalue weighted by atomic mass is 35.5. The number of aliphatic hydroxyl groups is 1. The van der Waals surface area contributed by atoms with Crippen LogP contribution in [0.2, 0.25) is 0 Å². The summed E-state index contributed by atoms with van der Waals surface area (Å²) in [6.45, 7) is 1.60. The van der Waals surface area contributed by atoms with E-state index < -0.39 is 16.2 Å². The minimum Gasteiger partial charge on any atom is -0.391 e. The van der Waals surface area contributed by atoms with E-state index in [0.717, 1.165) is 6.26 Å². The number of rotatable bonds is 4. The molecule has 0 saturated carbocycles. The molecule has 1 atom stereocenters. The van der Waals surface area contributed by atoms with Crippen molar-refractivity contribution in [3.05, 3.63) is 0 Å². The van der Waals surface area contributed by atoms with Gasteiger partial charge in [0.05, 0.1) is 19.0 Å². The average Bonchev–Trinajstić information content (AvgIpc) is 1.81. The van der Waals surface area contributed by atoms with Crippen molar-refractivity contribution in [1.29, 1.82) is 0 Å². The fourth-order valence-electron chi connectivity index (χ4n) is 0.320. The van der Waals surface area contributed by atoms with Crippen molar-refractivity contribution in [3.63, 3.8) is 0 Å². The van der Waals surface area contributed by atoms with Crippen LogP contribution >= 0.6 is 12.4 Å². The second kappa shape index (κ2) is 7.75. The van der Waals surface area contributed by atoms with Crippen molar-refractivity contribution in [2.45, 2.75) is 19.4 Å². The molecule has 0 aromatic heterocycles. The van der Waals surface area contributed by atoms with Gasteiger partial charge in [0.15, 0.2) is 0 Å². The van der Waals surface area contributed by atoms with Gasteiger partial charge in [0.25, 0.3) is 10.1 Å². The molecular formula is C5H16ClNO4S. The largest absolute Gasteiger partial charge is 0.391 e. The standard InChI is InChI=1S/C5H12O4S.ClH.H3N/c1-3-5(6)4-9-10(2,7)8;;/h5-6H,3-4H2,1-2H3;1H;1H3. The van der Waals surface area contributed by atoms with Crippen LogP contribution in [0.15, 0.2) is 0 Å². The summed E-state index contributed by atoms with van der Waals surface area (Å²) in [5.41, 5.74) is 0. The van der Waals surface area contributed by atoms with Gasteiger partial charge in [-0.15, -0.1) is 12.4 Å². The number of halogens is 1. The Morgan fingerprint density at radius 1 is 1.50 bits per heavy atom. The van der Waals surface area contributed by atoms with Crippen molar-refractivity contribution >= 4 is 22.5 Å². The Balaban J connectivity index is -0.000000405. The van der Waals surface area contributed by atoms with Gasteiger partial charge in [-0.25, -0.2) is 0 Å². The molecule has 0 amide bonds. The lowest BCUT2D eigenvalue weighted by molar-refractivity contribution is 0.108. The van der Waals surface area contributed by atoms with Gasteiger partial charge in [0.2, 0.25) is 0 Å². The Hall–Kier alpha value is 0.120. The lowest BCUT2D eigenvalue weighted by Crippen LogP contribution is -2.16. The Morgan fingerprint density at radius 2 is 1.92 bits per heavy atom. The van der Waals surface area contributed by atoms with Gasteiger partial charge in [0.1, 0.15) is 0 Å². The summed E-state index contributed by atoms with van der Waals surface area (Å²) in [6.07, 6.45) is 0.764. The lowest BCUT2D eigenvalue weighted by Gasteiger charge is -2.05. The molecule has 0 aromatic carbocycles. The highest BCUT2D eigenvalue weighted by Gasteiger charge is 2.05. The van der Waals surface area contributed by atoms with E-state index in [4.69, 9.17) is 5.11 Å². The van der Waals surface area contributed by atoms with Gasteiger partial charge in [-0.1, -0.05) is 6.92 Å². The quantitative estimate of drug-likeness (QED) is 0.666. The van der Waals surface area contributed by atoms with Gasteiger partial charge in [-0.2, -0.15) is 8.42 Å². The van der Waals surface area contributed by atoms with Crippen molar-refractivity contribution in [2.24, 2.45) is 0 Å². The molecule has 0 saturated heterocycles. The maximum atomic E-state index is 10.3. The molecule has 12 heavy (non-hydrogen) atoms. The minimum absolute atomic E-state index is 0. The van der Waals surface area contributed by atoms with E-state index in [1.165, 1.54) is 0 Å². The second-order valence-corrected chi connectivity index (χ2v) is 3.69. The fourth-order valence-corrected chi connectivity index (χ4v) is 0.724. The normalized spacial score (nSPS) is 12.6. The van der Waals surface area contributed by atoms with Crippen LogP contribution < -0.4 is 6.15 Å². The summed E-state index contributed by atoms with van der Waals surface area (Å²) in [7, 11) is -3.39. The summed E-state index contributed by atoms with van der Waals surface area (Å²) in [6, 6.07) is 0. The van der Waals surface area contributed by atoms with Gasteiger partial charge < -0.3 is 11.3 Å². The minimum atomic E-state index is -3.39. The molecule has 7 heteroatoms. The van der Waals surface area contributed by atoms with Gasteiger partial charge >= 0.3 is 0 Å². The highest BCUT2D eigenvalue weighted by molar-refractivity contribution is 7.85. The molecule has 0 aliphatic heterocycles. The van der Waals surface area contributed by atoms with E-state index in [-0.39, 0.29) is 25.2 Å². The van der Waals surface area contributed by atoms with Gasteiger partial charge in [-0.05, 0) is 6.42 Å². The molecule has 0 rings (SSSR count). The molecule has 0 aliphatic rings. The molecule has 0 spiro atoms. The molecule has 78 valence electrons. The maximum absolute atomic E-state index is 10.3. The molecule has 0 fully saturated rings. The smallest absolute Gasteiger partial charge is 0.264 e. The van der Waals surface area contributed by atoms with Crippen molar-refractivity contribution in [1.82, 2.24) is 6.15 Å². The van der Waals surface area contributed by atoms with Crippen molar-refractivity contribution < 1.29 is 17.7 Å². The van der Waals surface area contributed by atoms with Crippen LogP contribution in [0.3, 0.4) is 0 Å². The molecule has 1 unspecified atom stereocenters. The van der Waals surface area contributed by atoms with E-state index in [2.05, 4.69) is 4.18 Å². The highest BCUT2D eigenvalue weighted by Crippen LogP contribution is 1.94. The van der Waals surface area contributed by atoms with Gasteiger partial charge in [-0.3, -0.25) is 4.18 Å². The zero-order chi connectivity index (χ0) is 8.20. The Labute approximate surface area is 79.2 Å². The topological polar surface area (TPSA) is 98.6 Å². The summed E-state index contributed by atoms with van der Waals surface area (Å²) >= 11 is 0. The Morgan fingerprint density at radius 3 is 2.17 bits per heavy atom. The fraction of sp³-hybridized carbons (Fsp3) is 1.00. The van der Waals surface area contributed by atoms with E-state index >= 15 is 0 Å². The van der Waals surface area contributed by atoms with Crippen LogP contribution in [0, 0.1) is 0 Å². The van der Waals surface area contributed by atoms with Crippen molar-refractivity contribution in [2.75, 3.05) is 12.9 Å². The van der Waals surface area contributed by atoms with Crippen LogP contribution in [-0.2, 0) is 14.3 Å². The van der Waals surface area contributed by atoms with Crippen LogP contribution in [0.25, 0.3) is 0 Å². The van der Waals surface area contributed by atoms with Gasteiger partial charge in [0, 0.05) is 0 Å². The van der Waals surface area contributed by atoms with E-state index in [1.807, 2.05) is 0 Å². The predicted molar refractivity (Wildman–Crippen MR) is 49.4 cm³/mol. The SMILES string of the molecule is CCC(O)COS(C)(=O)=O.Cl.N. The first-order valence-electron chi connectivity index (χ1n) is 2.98. The maximum Gasteiger partial charge on any atom is 0.264 e. The number of hydrogen-bond donors (Lipinski definition) is 2. The molecule has 4 N–H and O–H groups in total. The molecular weight excluding hydrogens is 206 g/mol. The second-order valence-electron chi connectivity index (χ2n) is 2.05. The van der Waals surface area contributed by atoms with E-state index in [0.29, 0.717) is 6.42 Å². The molecule has 0 heterocycles. The first-order valence-corrected chi connectivity index (χ1v) is 4.80. The molecule has 5 nitrogen and oxygen atoms in total. The number of hydrogen-bond acceptors (Lipinski definition) is 5. The Kier molecular flexibility index (Phi) is 11.6. The van der Waals surface area contributed by atoms with Crippen LogP contribution in [0.1, 0.15) is 13.3 Å². The zero-order valence-corrected chi connectivity index (χ0v) is 8.82. The van der Waals surface area contributed by atoms with E-state index in [9.17, 15) is 8.42 Å². The van der Waals surface area contributed by atoms with E-state index in [1.54, 1.807) is 6.92 Å². The monoisotopic (exact) mass is 221 g/mol. The summed E-state index contributed by atoms with van der Waals surface area (Å²) in [5, 5.41) is 8.83. The molecule has 0 aromatic rings. The number of aliphatic hydroxyl groups excluding tert-OH is 1. The molecule has 0 bridgehead atoms. The summed E-state index contributed by atoms with van der Waals surface area (Å²) in [5.74, 6) is 0. The zero-order valence-electron chi connectivity index (χ0n) is 7.19. The van der Waals surface area contributed by atoms with Crippen LogP contribution in [0.5, 0.6) is 0 Å². The molecule has 0 radical (unpaired) electrons. The average molecular weight is 222 g/mol. The Bertz CT molecular complexity index is 182. The first kappa shape index (κ1) is 18.0.